The standard InChI is InChI=1S/C24H30N4O3/c1-24(2)7-6-19(31-24)13-30-18-5-3-4-16(10-18)21-11-20-22(25)26-14-27-23(20)28(21)17-8-15(9-17)12-29/h3-5,10-11,14-15,17,19,29H,6-9,12-13H2,1-2H3,(H2,25,26,27). The van der Waals surface area contributed by atoms with E-state index in [1.54, 1.807) is 0 Å². The summed E-state index contributed by atoms with van der Waals surface area (Å²) in [6.45, 7) is 5.03. The molecule has 1 saturated heterocycles. The molecule has 0 radical (unpaired) electrons. The largest absolute Gasteiger partial charge is 0.491 e. The predicted octanol–water partition coefficient (Wildman–Crippen LogP) is 3.96. The minimum Gasteiger partial charge on any atom is -0.491 e. The Labute approximate surface area is 182 Å². The van der Waals surface area contributed by atoms with Gasteiger partial charge in [-0.05, 0) is 63.6 Å². The van der Waals surface area contributed by atoms with Gasteiger partial charge in [0, 0.05) is 18.2 Å². The molecule has 2 fully saturated rings. The highest BCUT2D eigenvalue weighted by Gasteiger charge is 2.33. The van der Waals surface area contributed by atoms with Crippen molar-refractivity contribution < 1.29 is 14.6 Å². The third-order valence-electron chi connectivity index (χ3n) is 6.62. The molecule has 31 heavy (non-hydrogen) atoms. The minimum atomic E-state index is -0.0625. The Kier molecular flexibility index (Phi) is 5.10. The molecule has 164 valence electrons. The summed E-state index contributed by atoms with van der Waals surface area (Å²) in [5, 5.41) is 10.3. The van der Waals surface area contributed by atoms with Gasteiger partial charge in [0.1, 0.15) is 30.1 Å². The summed E-state index contributed by atoms with van der Waals surface area (Å²) >= 11 is 0. The Morgan fingerprint density at radius 2 is 2.10 bits per heavy atom. The van der Waals surface area contributed by atoms with E-state index in [0.29, 0.717) is 18.3 Å². The van der Waals surface area contributed by atoms with Crippen LogP contribution in [0.1, 0.15) is 45.6 Å². The van der Waals surface area contributed by atoms with Crippen LogP contribution in [0.2, 0.25) is 0 Å². The van der Waals surface area contributed by atoms with Crippen LogP contribution in [0.5, 0.6) is 5.75 Å². The molecule has 1 aliphatic heterocycles. The zero-order chi connectivity index (χ0) is 21.6. The molecular weight excluding hydrogens is 392 g/mol. The second kappa shape index (κ2) is 7.80. The van der Waals surface area contributed by atoms with Gasteiger partial charge in [-0.1, -0.05) is 12.1 Å². The lowest BCUT2D eigenvalue weighted by Crippen LogP contribution is -2.29. The van der Waals surface area contributed by atoms with Gasteiger partial charge in [-0.15, -0.1) is 0 Å². The molecule has 2 aliphatic rings. The molecule has 2 aromatic heterocycles. The molecule has 0 amide bonds. The van der Waals surface area contributed by atoms with E-state index in [-0.39, 0.29) is 24.4 Å². The fraction of sp³-hybridized carbons (Fsp3) is 0.500. The number of ether oxygens (including phenoxy) is 2. The molecule has 3 N–H and O–H groups in total. The summed E-state index contributed by atoms with van der Waals surface area (Å²) in [6.07, 6.45) is 5.59. The van der Waals surface area contributed by atoms with Crippen LogP contribution < -0.4 is 10.5 Å². The van der Waals surface area contributed by atoms with Crippen LogP contribution in [-0.2, 0) is 4.74 Å². The van der Waals surface area contributed by atoms with Crippen LogP contribution in [0.3, 0.4) is 0 Å². The number of anilines is 1. The van der Waals surface area contributed by atoms with E-state index in [4.69, 9.17) is 15.2 Å². The maximum absolute atomic E-state index is 9.48. The molecule has 0 spiro atoms. The van der Waals surface area contributed by atoms with Gasteiger partial charge in [-0.2, -0.15) is 0 Å². The Bertz CT molecular complexity index is 1090. The van der Waals surface area contributed by atoms with E-state index in [1.807, 2.05) is 12.1 Å². The lowest BCUT2D eigenvalue weighted by Gasteiger charge is -2.36. The molecule has 7 nitrogen and oxygen atoms in total. The van der Waals surface area contributed by atoms with Crippen molar-refractivity contribution in [3.8, 4) is 17.0 Å². The monoisotopic (exact) mass is 422 g/mol. The molecule has 1 unspecified atom stereocenters. The van der Waals surface area contributed by atoms with Crippen molar-refractivity contribution in [3.05, 3.63) is 36.7 Å². The van der Waals surface area contributed by atoms with Crippen molar-refractivity contribution in [2.45, 2.75) is 57.3 Å². The highest BCUT2D eigenvalue weighted by atomic mass is 16.6. The zero-order valence-electron chi connectivity index (χ0n) is 18.1. The van der Waals surface area contributed by atoms with Gasteiger partial charge in [0.25, 0.3) is 0 Å². The summed E-state index contributed by atoms with van der Waals surface area (Å²) in [5.74, 6) is 1.65. The molecule has 1 atom stereocenters. The van der Waals surface area contributed by atoms with E-state index >= 15 is 0 Å². The van der Waals surface area contributed by atoms with Gasteiger partial charge in [-0.25, -0.2) is 9.97 Å². The highest BCUT2D eigenvalue weighted by Crippen LogP contribution is 2.43. The minimum absolute atomic E-state index is 0.0625. The van der Waals surface area contributed by atoms with Crippen molar-refractivity contribution in [1.29, 1.82) is 0 Å². The van der Waals surface area contributed by atoms with Crippen LogP contribution in [-0.4, -0.2) is 44.6 Å². The van der Waals surface area contributed by atoms with Crippen molar-refractivity contribution in [1.82, 2.24) is 14.5 Å². The van der Waals surface area contributed by atoms with Crippen LogP contribution >= 0.6 is 0 Å². The molecule has 1 saturated carbocycles. The van der Waals surface area contributed by atoms with Gasteiger partial charge >= 0.3 is 0 Å². The Balaban J connectivity index is 1.44. The molecule has 1 aromatic carbocycles. The predicted molar refractivity (Wildman–Crippen MR) is 120 cm³/mol. The SMILES string of the molecule is CC1(C)CCC(COc2cccc(-c3cc4c(N)ncnc4n3C3CC(CO)C3)c2)O1. The number of benzene rings is 1. The van der Waals surface area contributed by atoms with Gasteiger partial charge in [-0.3, -0.25) is 0 Å². The average Bonchev–Trinajstić information content (AvgIpc) is 3.27. The van der Waals surface area contributed by atoms with E-state index in [9.17, 15) is 5.11 Å². The Morgan fingerprint density at radius 1 is 1.26 bits per heavy atom. The van der Waals surface area contributed by atoms with Gasteiger partial charge < -0.3 is 24.9 Å². The second-order valence-electron chi connectivity index (χ2n) is 9.45. The number of rotatable bonds is 6. The van der Waals surface area contributed by atoms with E-state index < -0.39 is 0 Å². The average molecular weight is 423 g/mol. The van der Waals surface area contributed by atoms with Crippen molar-refractivity contribution in [2.75, 3.05) is 18.9 Å². The summed E-state index contributed by atoms with van der Waals surface area (Å²) in [5.41, 5.74) is 9.04. The normalized spacial score (nSPS) is 24.9. The molecule has 7 heteroatoms. The van der Waals surface area contributed by atoms with E-state index in [1.165, 1.54) is 6.33 Å². The van der Waals surface area contributed by atoms with Crippen molar-refractivity contribution in [3.63, 3.8) is 0 Å². The Hall–Kier alpha value is -2.64. The maximum atomic E-state index is 9.48. The number of fused-ring (bicyclic) bond motifs is 1. The number of nitrogens with two attached hydrogens (primary N) is 1. The number of aliphatic hydroxyl groups is 1. The van der Waals surface area contributed by atoms with Crippen LogP contribution in [0.15, 0.2) is 36.7 Å². The fourth-order valence-electron chi connectivity index (χ4n) is 4.83. The molecule has 3 heterocycles. The number of nitrogens with zero attached hydrogens (tertiary/aromatic N) is 3. The third-order valence-corrected chi connectivity index (χ3v) is 6.62. The summed E-state index contributed by atoms with van der Waals surface area (Å²) < 4.78 is 14.4. The molecule has 0 bridgehead atoms. The first-order valence-electron chi connectivity index (χ1n) is 11.1. The number of aromatic nitrogens is 3. The lowest BCUT2D eigenvalue weighted by atomic mass is 9.80. The summed E-state index contributed by atoms with van der Waals surface area (Å²) in [6, 6.07) is 10.5. The Morgan fingerprint density at radius 3 is 2.84 bits per heavy atom. The van der Waals surface area contributed by atoms with E-state index in [0.717, 1.165) is 53.7 Å². The fourth-order valence-corrected chi connectivity index (χ4v) is 4.83. The molecule has 1 aliphatic carbocycles. The van der Waals surface area contributed by atoms with Crippen molar-refractivity contribution in [2.24, 2.45) is 5.92 Å². The first-order chi connectivity index (χ1) is 14.9. The molecular formula is C24H30N4O3. The molecule has 5 rings (SSSR count). The maximum Gasteiger partial charge on any atom is 0.146 e. The lowest BCUT2D eigenvalue weighted by molar-refractivity contribution is -0.0326. The topological polar surface area (TPSA) is 95.4 Å². The van der Waals surface area contributed by atoms with Gasteiger partial charge in [0.15, 0.2) is 0 Å². The first kappa shape index (κ1) is 20.3. The van der Waals surface area contributed by atoms with E-state index in [2.05, 4.69) is 46.6 Å². The smallest absolute Gasteiger partial charge is 0.146 e. The number of hydrogen-bond acceptors (Lipinski definition) is 6. The van der Waals surface area contributed by atoms with Crippen molar-refractivity contribution >= 4 is 16.9 Å². The van der Waals surface area contributed by atoms with Gasteiger partial charge in [0.05, 0.1) is 22.8 Å². The number of hydrogen-bond donors (Lipinski definition) is 2. The van der Waals surface area contributed by atoms with Crippen LogP contribution in [0.4, 0.5) is 5.82 Å². The number of aliphatic hydroxyl groups excluding tert-OH is 1. The highest BCUT2D eigenvalue weighted by molar-refractivity contribution is 5.91. The van der Waals surface area contributed by atoms with Crippen LogP contribution in [0, 0.1) is 5.92 Å². The zero-order valence-corrected chi connectivity index (χ0v) is 18.1. The third kappa shape index (κ3) is 3.88. The van der Waals surface area contributed by atoms with Crippen LogP contribution in [0.25, 0.3) is 22.3 Å². The number of nitrogen functional groups attached to an aromatic ring is 1. The van der Waals surface area contributed by atoms with Gasteiger partial charge in [0.2, 0.25) is 0 Å². The quantitative estimate of drug-likeness (QED) is 0.624. The second-order valence-corrected chi connectivity index (χ2v) is 9.45. The molecule has 3 aromatic rings. The summed E-state index contributed by atoms with van der Waals surface area (Å²) in [7, 11) is 0. The first-order valence-corrected chi connectivity index (χ1v) is 11.1. The summed E-state index contributed by atoms with van der Waals surface area (Å²) in [4.78, 5) is 8.70.